The lowest BCUT2D eigenvalue weighted by molar-refractivity contribution is 0.0233. The first-order chi connectivity index (χ1) is 12.9. The van der Waals surface area contributed by atoms with Gasteiger partial charge in [-0.05, 0) is 37.3 Å². The van der Waals surface area contributed by atoms with Crippen LogP contribution in [-0.2, 0) is 4.74 Å². The van der Waals surface area contributed by atoms with Crippen LogP contribution < -0.4 is 5.73 Å². The molecule has 0 bridgehead atoms. The minimum absolute atomic E-state index is 0.0114. The maximum absolute atomic E-state index is 13.6. The Labute approximate surface area is 156 Å². The number of rotatable bonds is 4. The van der Waals surface area contributed by atoms with Crippen LogP contribution >= 0.6 is 11.3 Å². The topological polar surface area (TPSA) is 83.0 Å². The Bertz CT molecular complexity index is 1150. The first kappa shape index (κ1) is 17.3. The van der Waals surface area contributed by atoms with Crippen molar-refractivity contribution in [3.05, 3.63) is 53.9 Å². The van der Waals surface area contributed by atoms with E-state index in [0.29, 0.717) is 16.2 Å². The number of nitrogens with two attached hydrogens (primary N) is 1. The summed E-state index contributed by atoms with van der Waals surface area (Å²) in [6.45, 7) is -1.29. The van der Waals surface area contributed by atoms with Crippen molar-refractivity contribution in [1.82, 2.24) is 14.5 Å². The molecular formula is C18H14F2N4O2S. The number of para-hydroxylation sites is 2. The molecule has 6 nitrogen and oxygen atoms in total. The number of hydrogen-bond acceptors (Lipinski definition) is 6. The van der Waals surface area contributed by atoms with Crippen LogP contribution in [0.2, 0.25) is 0 Å². The zero-order chi connectivity index (χ0) is 19.1. The first-order valence-electron chi connectivity index (χ1n) is 8.06. The van der Waals surface area contributed by atoms with Gasteiger partial charge in [-0.15, -0.1) is 0 Å². The van der Waals surface area contributed by atoms with E-state index in [0.717, 1.165) is 9.27 Å². The Morgan fingerprint density at radius 1 is 1.19 bits per heavy atom. The van der Waals surface area contributed by atoms with Gasteiger partial charge in [0.05, 0.1) is 26.8 Å². The predicted octanol–water partition coefficient (Wildman–Crippen LogP) is 4.54. The van der Waals surface area contributed by atoms with Gasteiger partial charge in [-0.2, -0.15) is 8.78 Å². The number of esters is 1. The van der Waals surface area contributed by atoms with E-state index in [-0.39, 0.29) is 16.9 Å². The summed E-state index contributed by atoms with van der Waals surface area (Å²) in [6, 6.07) is 11.4. The van der Waals surface area contributed by atoms with Crippen molar-refractivity contribution >= 4 is 43.7 Å². The van der Waals surface area contributed by atoms with Crippen molar-refractivity contribution in [1.29, 1.82) is 0 Å². The van der Waals surface area contributed by atoms with E-state index >= 15 is 0 Å². The van der Waals surface area contributed by atoms with Gasteiger partial charge in [0.15, 0.2) is 17.1 Å². The van der Waals surface area contributed by atoms with Crippen molar-refractivity contribution in [2.24, 2.45) is 0 Å². The highest BCUT2D eigenvalue weighted by atomic mass is 32.1. The number of benzene rings is 2. The third-order valence-electron chi connectivity index (χ3n) is 4.11. The number of aromatic nitrogens is 3. The Kier molecular flexibility index (Phi) is 4.23. The minimum atomic E-state index is -2.80. The monoisotopic (exact) mass is 388 g/mol. The first-order valence-corrected chi connectivity index (χ1v) is 8.88. The van der Waals surface area contributed by atoms with Gasteiger partial charge in [0, 0.05) is 0 Å². The molecule has 4 aromatic rings. The molecule has 27 heavy (non-hydrogen) atoms. The molecule has 0 saturated carbocycles. The summed E-state index contributed by atoms with van der Waals surface area (Å²) in [5.74, 6) is -0.646. The van der Waals surface area contributed by atoms with Gasteiger partial charge in [0.1, 0.15) is 0 Å². The van der Waals surface area contributed by atoms with Crippen molar-refractivity contribution in [2.45, 2.75) is 19.6 Å². The lowest BCUT2D eigenvalue weighted by Crippen LogP contribution is -2.14. The number of anilines is 1. The van der Waals surface area contributed by atoms with E-state index in [1.165, 1.54) is 18.3 Å². The highest BCUT2D eigenvalue weighted by molar-refractivity contribution is 7.22. The highest BCUT2D eigenvalue weighted by Gasteiger charge is 2.24. The molecule has 138 valence electrons. The van der Waals surface area contributed by atoms with Crippen LogP contribution in [0, 0.1) is 0 Å². The van der Waals surface area contributed by atoms with Crippen LogP contribution in [0.15, 0.2) is 42.5 Å². The molecule has 1 atom stereocenters. The molecular weight excluding hydrogens is 374 g/mol. The molecule has 9 heteroatoms. The molecule has 0 radical (unpaired) electrons. The number of nitrogens with zero attached hydrogens (tertiary/aromatic N) is 3. The second kappa shape index (κ2) is 6.58. The van der Waals surface area contributed by atoms with Gasteiger partial charge in [0.25, 0.3) is 0 Å². The summed E-state index contributed by atoms with van der Waals surface area (Å²) in [6.07, 6.45) is -0.957. The van der Waals surface area contributed by atoms with Crippen molar-refractivity contribution in [2.75, 3.05) is 5.73 Å². The average Bonchev–Trinajstić information content (AvgIpc) is 3.20. The van der Waals surface area contributed by atoms with Gasteiger partial charge < -0.3 is 10.5 Å². The van der Waals surface area contributed by atoms with Crippen molar-refractivity contribution in [3.8, 4) is 0 Å². The number of hydrogen-bond donors (Lipinski definition) is 1. The number of alkyl halides is 2. The summed E-state index contributed by atoms with van der Waals surface area (Å²) < 4.78 is 34.0. The average molecular weight is 388 g/mol. The van der Waals surface area contributed by atoms with Crippen LogP contribution in [0.3, 0.4) is 0 Å². The SMILES string of the molecule is C[C@H](OC(=O)c1ccc2nc(N)sc2c1)c1nc2ccccc2n1C(F)F. The molecule has 0 fully saturated rings. The van der Waals surface area contributed by atoms with Gasteiger partial charge in [0.2, 0.25) is 0 Å². The largest absolute Gasteiger partial charge is 0.451 e. The molecule has 0 aliphatic rings. The Morgan fingerprint density at radius 2 is 1.96 bits per heavy atom. The van der Waals surface area contributed by atoms with Gasteiger partial charge in [-0.1, -0.05) is 23.5 Å². The second-order valence-corrected chi connectivity index (χ2v) is 6.95. The fourth-order valence-corrected chi connectivity index (χ4v) is 3.68. The smallest absolute Gasteiger partial charge is 0.338 e. The molecule has 4 rings (SSSR count). The van der Waals surface area contributed by atoms with Gasteiger partial charge in [-0.25, -0.2) is 14.8 Å². The maximum Gasteiger partial charge on any atom is 0.338 e. The van der Waals surface area contributed by atoms with E-state index in [4.69, 9.17) is 10.5 Å². The lowest BCUT2D eigenvalue weighted by atomic mass is 10.2. The lowest BCUT2D eigenvalue weighted by Gasteiger charge is -2.15. The van der Waals surface area contributed by atoms with E-state index in [2.05, 4.69) is 9.97 Å². The maximum atomic E-state index is 13.6. The van der Waals surface area contributed by atoms with Crippen molar-refractivity contribution < 1.29 is 18.3 Å². The number of halogens is 2. The summed E-state index contributed by atoms with van der Waals surface area (Å²) >= 11 is 1.25. The zero-order valence-corrected chi connectivity index (χ0v) is 14.9. The molecule has 2 aromatic carbocycles. The summed E-state index contributed by atoms with van der Waals surface area (Å²) in [4.78, 5) is 20.8. The number of thiazole rings is 1. The zero-order valence-electron chi connectivity index (χ0n) is 14.1. The summed E-state index contributed by atoms with van der Waals surface area (Å²) in [5.41, 5.74) is 7.33. The number of nitrogen functional groups attached to an aromatic ring is 1. The molecule has 0 saturated heterocycles. The number of imidazole rings is 1. The normalized spacial score (nSPS) is 12.7. The number of fused-ring (bicyclic) bond motifs is 2. The van der Waals surface area contributed by atoms with E-state index in [9.17, 15) is 13.6 Å². The second-order valence-electron chi connectivity index (χ2n) is 5.89. The number of ether oxygens (including phenoxy) is 1. The Hall–Kier alpha value is -3.07. The molecule has 2 N–H and O–H groups in total. The van der Waals surface area contributed by atoms with Crippen LogP contribution in [0.25, 0.3) is 21.3 Å². The van der Waals surface area contributed by atoms with Crippen LogP contribution in [-0.4, -0.2) is 20.5 Å². The summed E-state index contributed by atoms with van der Waals surface area (Å²) in [5, 5.41) is 0.398. The highest BCUT2D eigenvalue weighted by Crippen LogP contribution is 2.29. The molecule has 0 spiro atoms. The van der Waals surface area contributed by atoms with E-state index in [1.807, 2.05) is 0 Å². The standard InChI is InChI=1S/C18H14F2N4O2S/c1-9(15-22-11-4-2-3-5-13(11)24(15)17(19)20)26-16(25)10-6-7-12-14(8-10)27-18(21)23-12/h2-9,17H,1H3,(H2,21,23)/t9-/m0/s1. The quantitative estimate of drug-likeness (QED) is 0.519. The van der Waals surface area contributed by atoms with Gasteiger partial charge in [-0.3, -0.25) is 4.57 Å². The third-order valence-corrected chi connectivity index (χ3v) is 4.95. The molecule has 0 unspecified atom stereocenters. The molecule has 0 aliphatic heterocycles. The molecule has 0 aliphatic carbocycles. The molecule has 2 heterocycles. The fourth-order valence-electron chi connectivity index (χ4n) is 2.91. The predicted molar refractivity (Wildman–Crippen MR) is 98.8 cm³/mol. The number of carbonyl (C=O) groups excluding carboxylic acids is 1. The van der Waals surface area contributed by atoms with Crippen molar-refractivity contribution in [3.63, 3.8) is 0 Å². The Balaban J connectivity index is 1.64. The van der Waals surface area contributed by atoms with Crippen LogP contribution in [0.5, 0.6) is 0 Å². The van der Waals surface area contributed by atoms with Crippen LogP contribution in [0.4, 0.5) is 13.9 Å². The third kappa shape index (κ3) is 3.10. The number of carbonyl (C=O) groups is 1. The van der Waals surface area contributed by atoms with E-state index < -0.39 is 18.6 Å². The molecule has 2 aromatic heterocycles. The minimum Gasteiger partial charge on any atom is -0.451 e. The Morgan fingerprint density at radius 3 is 2.74 bits per heavy atom. The fraction of sp³-hybridized carbons (Fsp3) is 0.167. The molecule has 0 amide bonds. The van der Waals surface area contributed by atoms with Crippen LogP contribution in [0.1, 0.15) is 35.8 Å². The van der Waals surface area contributed by atoms with Gasteiger partial charge >= 0.3 is 12.5 Å². The van der Waals surface area contributed by atoms with E-state index in [1.54, 1.807) is 42.5 Å². The summed E-state index contributed by atoms with van der Waals surface area (Å²) in [7, 11) is 0.